The molecule has 6 rings (SSSR count). The van der Waals surface area contributed by atoms with Crippen LogP contribution in [0.2, 0.25) is 0 Å². The minimum atomic E-state index is -0.250. The van der Waals surface area contributed by atoms with Crippen molar-refractivity contribution in [3.63, 3.8) is 0 Å². The normalized spacial score (nSPS) is 27.9. The number of nitrogens with zero attached hydrogens (tertiary/aromatic N) is 5. The van der Waals surface area contributed by atoms with Crippen molar-refractivity contribution in [2.75, 3.05) is 18.1 Å². The lowest BCUT2D eigenvalue weighted by molar-refractivity contribution is -0.134. The van der Waals surface area contributed by atoms with E-state index in [0.29, 0.717) is 44.3 Å². The standard InChI is InChI=1S/C26H36N8O2/c27-23(36)17-13-15-32(16-14-17)22(35)12-6-11-21-29-30-26-33(21)20-10-5-4-9-19(20)25-28-24(31-34(25)26)18-7-2-1-3-8-18/h1-3,7-8,17,19-20,24-25,28,31H,4-6,9-16H2,(H2,27,36). The lowest BCUT2D eigenvalue weighted by Gasteiger charge is -2.44. The molecule has 0 radical (unpaired) electrons. The van der Waals surface area contributed by atoms with E-state index in [-0.39, 0.29) is 30.1 Å². The van der Waals surface area contributed by atoms with Crippen molar-refractivity contribution in [3.8, 4) is 0 Å². The number of hydrogen-bond donors (Lipinski definition) is 3. The van der Waals surface area contributed by atoms with Gasteiger partial charge in [0, 0.05) is 43.8 Å². The Morgan fingerprint density at radius 3 is 2.58 bits per heavy atom. The molecule has 10 heteroatoms. The van der Waals surface area contributed by atoms with Crippen molar-refractivity contribution in [1.82, 2.24) is 30.4 Å². The molecule has 0 spiro atoms. The number of anilines is 1. The van der Waals surface area contributed by atoms with Crippen molar-refractivity contribution in [3.05, 3.63) is 41.7 Å². The topological polar surface area (TPSA) is 121 Å². The average molecular weight is 493 g/mol. The summed E-state index contributed by atoms with van der Waals surface area (Å²) < 4.78 is 2.35. The lowest BCUT2D eigenvalue weighted by atomic mass is 9.81. The summed E-state index contributed by atoms with van der Waals surface area (Å²) in [4.78, 5) is 26.1. The molecule has 0 bridgehead atoms. The van der Waals surface area contributed by atoms with Crippen LogP contribution in [0.5, 0.6) is 0 Å². The first-order chi connectivity index (χ1) is 17.6. The van der Waals surface area contributed by atoms with Crippen LogP contribution in [-0.2, 0) is 16.0 Å². The number of aromatic nitrogens is 3. The number of amides is 2. The van der Waals surface area contributed by atoms with E-state index in [1.165, 1.54) is 24.8 Å². The molecule has 2 saturated heterocycles. The minimum Gasteiger partial charge on any atom is -0.369 e. The Labute approximate surface area is 211 Å². The SMILES string of the molecule is NC(=O)C1CCN(C(=O)CCCc2nnc3n2C2CCCCC2C2NC(c4ccccc4)NN32)CC1. The molecule has 4 unspecified atom stereocenters. The van der Waals surface area contributed by atoms with Crippen molar-refractivity contribution in [2.45, 2.75) is 76.2 Å². The van der Waals surface area contributed by atoms with Gasteiger partial charge in [-0.05, 0) is 37.7 Å². The number of rotatable bonds is 6. The van der Waals surface area contributed by atoms with Gasteiger partial charge in [-0.25, -0.2) is 5.43 Å². The molecule has 4 N–H and O–H groups in total. The summed E-state index contributed by atoms with van der Waals surface area (Å²) in [6.45, 7) is 1.24. The van der Waals surface area contributed by atoms with E-state index in [1.54, 1.807) is 0 Å². The first-order valence-electron chi connectivity index (χ1n) is 13.5. The molecule has 36 heavy (non-hydrogen) atoms. The summed E-state index contributed by atoms with van der Waals surface area (Å²) in [6.07, 6.45) is 8.32. The van der Waals surface area contributed by atoms with E-state index in [2.05, 4.69) is 54.8 Å². The molecule has 1 aliphatic carbocycles. The highest BCUT2D eigenvalue weighted by Crippen LogP contribution is 2.45. The highest BCUT2D eigenvalue weighted by molar-refractivity contribution is 5.78. The van der Waals surface area contributed by atoms with Crippen LogP contribution in [0, 0.1) is 11.8 Å². The smallest absolute Gasteiger partial charge is 0.243 e. The van der Waals surface area contributed by atoms with Gasteiger partial charge in [-0.15, -0.1) is 10.2 Å². The van der Waals surface area contributed by atoms with E-state index in [4.69, 9.17) is 5.73 Å². The summed E-state index contributed by atoms with van der Waals surface area (Å²) in [5.74, 6) is 2.15. The molecule has 3 fully saturated rings. The predicted molar refractivity (Wildman–Crippen MR) is 134 cm³/mol. The van der Waals surface area contributed by atoms with Gasteiger partial charge in [0.25, 0.3) is 0 Å². The largest absolute Gasteiger partial charge is 0.369 e. The maximum Gasteiger partial charge on any atom is 0.243 e. The molecule has 3 aliphatic heterocycles. The first-order valence-corrected chi connectivity index (χ1v) is 13.5. The van der Waals surface area contributed by atoms with Crippen LogP contribution in [0.4, 0.5) is 5.95 Å². The maximum atomic E-state index is 12.8. The first kappa shape index (κ1) is 23.4. The summed E-state index contributed by atoms with van der Waals surface area (Å²) in [5, 5.41) is 15.2. The molecular formula is C26H36N8O2. The quantitative estimate of drug-likeness (QED) is 0.564. The number of aryl methyl sites for hydroxylation is 1. The third-order valence-corrected chi connectivity index (χ3v) is 8.54. The highest BCUT2D eigenvalue weighted by atomic mass is 16.2. The number of hydrazine groups is 1. The second-order valence-electron chi connectivity index (χ2n) is 10.7. The molecule has 2 aromatic rings. The van der Waals surface area contributed by atoms with Crippen LogP contribution in [0.25, 0.3) is 0 Å². The number of benzene rings is 1. The lowest BCUT2D eigenvalue weighted by Crippen LogP contribution is -2.53. The van der Waals surface area contributed by atoms with Gasteiger partial charge in [0.1, 0.15) is 18.2 Å². The van der Waals surface area contributed by atoms with E-state index < -0.39 is 0 Å². The molecule has 4 atom stereocenters. The van der Waals surface area contributed by atoms with E-state index in [1.807, 2.05) is 11.0 Å². The Morgan fingerprint density at radius 1 is 1.03 bits per heavy atom. The van der Waals surface area contributed by atoms with E-state index >= 15 is 0 Å². The number of hydrogen-bond acceptors (Lipinski definition) is 7. The van der Waals surface area contributed by atoms with Gasteiger partial charge in [-0.2, -0.15) is 0 Å². The number of carbonyl (C=O) groups excluding carboxylic acids is 2. The Morgan fingerprint density at radius 2 is 1.81 bits per heavy atom. The van der Waals surface area contributed by atoms with Gasteiger partial charge >= 0.3 is 0 Å². The summed E-state index contributed by atoms with van der Waals surface area (Å²) >= 11 is 0. The third kappa shape index (κ3) is 4.26. The number of piperidine rings is 1. The van der Waals surface area contributed by atoms with Crippen LogP contribution in [-0.4, -0.2) is 50.7 Å². The predicted octanol–water partition coefficient (Wildman–Crippen LogP) is 2.01. The molecular weight excluding hydrogens is 456 g/mol. The number of primary amides is 1. The zero-order chi connectivity index (χ0) is 24.6. The fraction of sp³-hybridized carbons (Fsp3) is 0.615. The zero-order valence-electron chi connectivity index (χ0n) is 20.7. The highest BCUT2D eigenvalue weighted by Gasteiger charge is 2.48. The minimum absolute atomic E-state index is 0.0433. The Balaban J connectivity index is 1.14. The number of carbonyl (C=O) groups is 2. The Hall–Kier alpha value is -2.98. The number of nitrogens with one attached hydrogen (secondary N) is 2. The fourth-order valence-corrected chi connectivity index (χ4v) is 6.60. The van der Waals surface area contributed by atoms with Crippen LogP contribution >= 0.6 is 0 Å². The third-order valence-electron chi connectivity index (χ3n) is 8.54. The second kappa shape index (κ2) is 9.82. The van der Waals surface area contributed by atoms with Gasteiger partial charge in [-0.1, -0.05) is 43.2 Å². The molecule has 1 aromatic carbocycles. The monoisotopic (exact) mass is 492 g/mol. The zero-order valence-corrected chi connectivity index (χ0v) is 20.7. The van der Waals surface area contributed by atoms with Gasteiger partial charge in [-0.3, -0.25) is 24.5 Å². The Kier molecular flexibility index (Phi) is 6.39. The number of nitrogens with two attached hydrogens (primary N) is 1. The van der Waals surface area contributed by atoms with Gasteiger partial charge in [0.15, 0.2) is 0 Å². The van der Waals surface area contributed by atoms with Crippen LogP contribution in [0.15, 0.2) is 30.3 Å². The summed E-state index contributed by atoms with van der Waals surface area (Å²) in [6, 6.07) is 10.9. The maximum absolute atomic E-state index is 12.8. The van der Waals surface area contributed by atoms with Crippen molar-refractivity contribution < 1.29 is 9.59 Å². The van der Waals surface area contributed by atoms with Crippen LogP contribution in [0.3, 0.4) is 0 Å². The van der Waals surface area contributed by atoms with Crippen LogP contribution in [0.1, 0.15) is 75.0 Å². The van der Waals surface area contributed by atoms with Crippen molar-refractivity contribution in [2.24, 2.45) is 17.6 Å². The molecule has 2 amide bonds. The molecule has 4 heterocycles. The summed E-state index contributed by atoms with van der Waals surface area (Å²) in [5.41, 5.74) is 10.3. The van der Waals surface area contributed by atoms with Gasteiger partial charge in [0.05, 0.1) is 0 Å². The average Bonchev–Trinajstić information content (AvgIpc) is 3.55. The van der Waals surface area contributed by atoms with E-state index in [9.17, 15) is 9.59 Å². The second-order valence-corrected chi connectivity index (χ2v) is 10.7. The van der Waals surface area contributed by atoms with Gasteiger partial charge in [0.2, 0.25) is 17.8 Å². The van der Waals surface area contributed by atoms with E-state index in [0.717, 1.165) is 31.0 Å². The fourth-order valence-electron chi connectivity index (χ4n) is 6.60. The molecule has 192 valence electrons. The summed E-state index contributed by atoms with van der Waals surface area (Å²) in [7, 11) is 0. The van der Waals surface area contributed by atoms with Crippen molar-refractivity contribution in [1.29, 1.82) is 0 Å². The Bertz CT molecular complexity index is 1100. The molecule has 1 saturated carbocycles. The van der Waals surface area contributed by atoms with Crippen LogP contribution < -0.4 is 21.5 Å². The number of fused-ring (bicyclic) bond motifs is 6. The molecule has 1 aromatic heterocycles. The number of likely N-dealkylation sites (tertiary alicyclic amines) is 1. The van der Waals surface area contributed by atoms with Gasteiger partial charge < -0.3 is 10.6 Å². The molecule has 10 nitrogen and oxygen atoms in total. The molecule has 4 aliphatic rings. The van der Waals surface area contributed by atoms with Crippen molar-refractivity contribution >= 4 is 17.8 Å².